The summed E-state index contributed by atoms with van der Waals surface area (Å²) in [5.41, 5.74) is 0.887. The van der Waals surface area contributed by atoms with Gasteiger partial charge < -0.3 is 4.90 Å². The largest absolute Gasteiger partial charge is 0.335 e. The number of amides is 2. The summed E-state index contributed by atoms with van der Waals surface area (Å²) < 4.78 is 0. The molecule has 2 rings (SSSR count). The van der Waals surface area contributed by atoms with Crippen molar-refractivity contribution in [1.29, 1.82) is 0 Å². The van der Waals surface area contributed by atoms with E-state index in [4.69, 9.17) is 0 Å². The average molecular weight is 295 g/mol. The van der Waals surface area contributed by atoms with Crippen molar-refractivity contribution >= 4 is 28.3 Å². The molecule has 1 aliphatic rings. The molecular weight excluding hydrogens is 274 g/mol. The van der Waals surface area contributed by atoms with E-state index in [2.05, 4.69) is 10.3 Å². The van der Waals surface area contributed by atoms with Crippen LogP contribution in [0.15, 0.2) is 0 Å². The molecule has 1 heterocycles. The van der Waals surface area contributed by atoms with Crippen LogP contribution in [-0.2, 0) is 9.59 Å². The second-order valence-electron chi connectivity index (χ2n) is 5.32. The van der Waals surface area contributed by atoms with Crippen LogP contribution in [0.25, 0.3) is 0 Å². The number of carbonyl (C=O) groups excluding carboxylic acids is 2. The number of hydrogen-bond donors (Lipinski definition) is 1. The molecule has 0 aromatic carbocycles. The van der Waals surface area contributed by atoms with Crippen molar-refractivity contribution in [2.75, 3.05) is 12.4 Å². The topological polar surface area (TPSA) is 62.3 Å². The second kappa shape index (κ2) is 6.35. The van der Waals surface area contributed by atoms with Gasteiger partial charge in [-0.1, -0.05) is 19.3 Å². The zero-order chi connectivity index (χ0) is 14.7. The molecule has 20 heavy (non-hydrogen) atoms. The Bertz CT molecular complexity index is 487. The fourth-order valence-electron chi connectivity index (χ4n) is 2.47. The van der Waals surface area contributed by atoms with Crippen molar-refractivity contribution < 1.29 is 9.59 Å². The first-order valence-corrected chi connectivity index (χ1v) is 7.83. The summed E-state index contributed by atoms with van der Waals surface area (Å²) in [5, 5.41) is 3.10. The predicted octanol–water partition coefficient (Wildman–Crippen LogP) is 2.49. The Labute approximate surface area is 123 Å². The maximum absolute atomic E-state index is 12.1. The van der Waals surface area contributed by atoms with Gasteiger partial charge in [-0.2, -0.15) is 0 Å². The highest BCUT2D eigenvalue weighted by Gasteiger charge is 2.27. The molecular formula is C14H21N3O2S. The minimum Gasteiger partial charge on any atom is -0.335 e. The Balaban J connectivity index is 1.95. The van der Waals surface area contributed by atoms with Crippen LogP contribution < -0.4 is 5.32 Å². The number of nitrogens with zero attached hydrogens (tertiary/aromatic N) is 2. The van der Waals surface area contributed by atoms with Gasteiger partial charge in [-0.15, -0.1) is 11.3 Å². The Morgan fingerprint density at radius 3 is 2.45 bits per heavy atom. The van der Waals surface area contributed by atoms with Crippen LogP contribution in [0.1, 0.15) is 42.7 Å². The van der Waals surface area contributed by atoms with Gasteiger partial charge in [-0.3, -0.25) is 14.9 Å². The third kappa shape index (κ3) is 3.36. The third-order valence-corrected chi connectivity index (χ3v) is 4.87. The zero-order valence-electron chi connectivity index (χ0n) is 12.2. The van der Waals surface area contributed by atoms with Crippen molar-refractivity contribution in [1.82, 2.24) is 9.88 Å². The Kier molecular flexibility index (Phi) is 4.75. The smallest absolute Gasteiger partial charge is 0.315 e. The van der Waals surface area contributed by atoms with E-state index >= 15 is 0 Å². The van der Waals surface area contributed by atoms with E-state index < -0.39 is 11.8 Å². The van der Waals surface area contributed by atoms with E-state index in [9.17, 15) is 9.59 Å². The molecule has 1 aliphatic carbocycles. The van der Waals surface area contributed by atoms with Crippen LogP contribution in [-0.4, -0.2) is 34.8 Å². The van der Waals surface area contributed by atoms with Crippen LogP contribution in [0.3, 0.4) is 0 Å². The van der Waals surface area contributed by atoms with E-state index in [0.717, 1.165) is 36.3 Å². The highest BCUT2D eigenvalue weighted by molar-refractivity contribution is 7.15. The normalized spacial score (nSPS) is 15.9. The molecule has 0 atom stereocenters. The van der Waals surface area contributed by atoms with Gasteiger partial charge in [0.2, 0.25) is 0 Å². The quantitative estimate of drug-likeness (QED) is 0.853. The van der Waals surface area contributed by atoms with Gasteiger partial charge in [0.25, 0.3) is 0 Å². The van der Waals surface area contributed by atoms with E-state index in [-0.39, 0.29) is 6.04 Å². The highest BCUT2D eigenvalue weighted by atomic mass is 32.1. The molecule has 0 bridgehead atoms. The van der Waals surface area contributed by atoms with Crippen molar-refractivity contribution in [3.63, 3.8) is 0 Å². The van der Waals surface area contributed by atoms with Crippen LogP contribution in [0, 0.1) is 13.8 Å². The number of thiazole rings is 1. The van der Waals surface area contributed by atoms with E-state index in [1.165, 1.54) is 17.8 Å². The number of rotatable bonds is 2. The SMILES string of the molecule is Cc1nc(NC(=O)C(=O)N(C)C2CCCCC2)sc1C. The standard InChI is InChI=1S/C14H21N3O2S/c1-9-10(2)20-14(15-9)16-12(18)13(19)17(3)11-7-5-4-6-8-11/h11H,4-8H2,1-3H3,(H,15,16,18). The molecule has 0 spiro atoms. The number of anilines is 1. The number of likely N-dealkylation sites (N-methyl/N-ethyl adjacent to an activating group) is 1. The molecule has 0 aliphatic heterocycles. The van der Waals surface area contributed by atoms with Gasteiger partial charge in [-0.25, -0.2) is 4.98 Å². The molecule has 0 radical (unpaired) electrons. The second-order valence-corrected chi connectivity index (χ2v) is 6.53. The third-order valence-electron chi connectivity index (χ3n) is 3.89. The lowest BCUT2D eigenvalue weighted by Gasteiger charge is -2.30. The van der Waals surface area contributed by atoms with E-state index in [1.807, 2.05) is 13.8 Å². The number of aromatic nitrogens is 1. The van der Waals surface area contributed by atoms with Gasteiger partial charge in [0.15, 0.2) is 5.13 Å². The number of carbonyl (C=O) groups is 2. The lowest BCUT2D eigenvalue weighted by Crippen LogP contribution is -2.44. The maximum Gasteiger partial charge on any atom is 0.315 e. The fraction of sp³-hybridized carbons (Fsp3) is 0.643. The molecule has 6 heteroatoms. The van der Waals surface area contributed by atoms with Crippen molar-refractivity contribution in [2.24, 2.45) is 0 Å². The van der Waals surface area contributed by atoms with Crippen molar-refractivity contribution in [3.8, 4) is 0 Å². The summed E-state index contributed by atoms with van der Waals surface area (Å²) in [4.78, 5) is 31.0. The maximum atomic E-state index is 12.1. The number of hydrogen-bond acceptors (Lipinski definition) is 4. The molecule has 5 nitrogen and oxygen atoms in total. The number of aryl methyl sites for hydroxylation is 2. The van der Waals surface area contributed by atoms with Gasteiger partial charge in [0.1, 0.15) is 0 Å². The first-order valence-electron chi connectivity index (χ1n) is 7.01. The molecule has 1 aromatic rings. The van der Waals surface area contributed by atoms with Crippen LogP contribution >= 0.6 is 11.3 Å². The lowest BCUT2D eigenvalue weighted by molar-refractivity contribution is -0.144. The number of nitrogens with one attached hydrogen (secondary N) is 1. The minimum atomic E-state index is -0.591. The van der Waals surface area contributed by atoms with E-state index in [0.29, 0.717) is 5.13 Å². The molecule has 0 saturated heterocycles. The van der Waals surface area contributed by atoms with Gasteiger partial charge in [0.05, 0.1) is 5.69 Å². The highest BCUT2D eigenvalue weighted by Crippen LogP contribution is 2.23. The van der Waals surface area contributed by atoms with Crippen LogP contribution in [0.4, 0.5) is 5.13 Å². The van der Waals surface area contributed by atoms with Crippen molar-refractivity contribution in [3.05, 3.63) is 10.6 Å². The fourth-order valence-corrected chi connectivity index (χ4v) is 3.28. The predicted molar refractivity (Wildman–Crippen MR) is 79.9 cm³/mol. The van der Waals surface area contributed by atoms with E-state index in [1.54, 1.807) is 11.9 Å². The molecule has 1 aromatic heterocycles. The van der Waals surface area contributed by atoms with Gasteiger partial charge in [0, 0.05) is 18.0 Å². The summed E-state index contributed by atoms with van der Waals surface area (Å²) in [6.45, 7) is 3.83. The summed E-state index contributed by atoms with van der Waals surface area (Å²) in [6, 6.07) is 0.196. The summed E-state index contributed by atoms with van der Waals surface area (Å²) >= 11 is 1.39. The molecule has 110 valence electrons. The molecule has 0 unspecified atom stereocenters. The Morgan fingerprint density at radius 2 is 1.90 bits per heavy atom. The monoisotopic (exact) mass is 295 g/mol. The van der Waals surface area contributed by atoms with Crippen LogP contribution in [0.2, 0.25) is 0 Å². The first kappa shape index (κ1) is 15.0. The van der Waals surface area contributed by atoms with Crippen molar-refractivity contribution in [2.45, 2.75) is 52.0 Å². The molecule has 2 amide bonds. The first-order chi connectivity index (χ1) is 9.49. The lowest BCUT2D eigenvalue weighted by atomic mass is 9.94. The summed E-state index contributed by atoms with van der Waals surface area (Å²) in [7, 11) is 1.72. The average Bonchev–Trinajstić information content (AvgIpc) is 2.76. The Hall–Kier alpha value is -1.43. The van der Waals surface area contributed by atoms with Crippen LogP contribution in [0.5, 0.6) is 0 Å². The summed E-state index contributed by atoms with van der Waals surface area (Å²) in [5.74, 6) is -1.06. The molecule has 1 saturated carbocycles. The van der Waals surface area contributed by atoms with Gasteiger partial charge >= 0.3 is 11.8 Å². The minimum absolute atomic E-state index is 0.196. The molecule has 1 fully saturated rings. The molecule has 1 N–H and O–H groups in total. The van der Waals surface area contributed by atoms with Gasteiger partial charge in [-0.05, 0) is 26.7 Å². The summed E-state index contributed by atoms with van der Waals surface area (Å²) in [6.07, 6.45) is 5.47. The Morgan fingerprint density at radius 1 is 1.25 bits per heavy atom. The zero-order valence-corrected chi connectivity index (χ0v) is 13.0.